The summed E-state index contributed by atoms with van der Waals surface area (Å²) in [5.41, 5.74) is 7.05. The molecule has 0 aromatic carbocycles. The summed E-state index contributed by atoms with van der Waals surface area (Å²) < 4.78 is 74.6. The van der Waals surface area contributed by atoms with Gasteiger partial charge in [0.05, 0.1) is 34.4 Å². The summed E-state index contributed by atoms with van der Waals surface area (Å²) in [7, 11) is -8.56. The van der Waals surface area contributed by atoms with Crippen molar-refractivity contribution in [2.24, 2.45) is 75.1 Å². The molecular formula is C36H62N8O7S3. The Morgan fingerprint density at radius 1 is 0.852 bits per heavy atom. The number of hydrogen-bond acceptors (Lipinski definition) is 13. The first kappa shape index (κ1) is 44.6. The number of rotatable bonds is 13. The number of nitrogens with one attached hydrogen (secondary N) is 3. The molecule has 9 unspecified atom stereocenters. The van der Waals surface area contributed by atoms with Crippen LogP contribution >= 0.6 is 11.5 Å². The van der Waals surface area contributed by atoms with Crippen LogP contribution in [0.1, 0.15) is 99.3 Å². The summed E-state index contributed by atoms with van der Waals surface area (Å²) in [6.07, 6.45) is -0.231. The van der Waals surface area contributed by atoms with Gasteiger partial charge >= 0.3 is 0 Å². The number of azo groups is 1. The van der Waals surface area contributed by atoms with E-state index in [0.717, 1.165) is 11.5 Å². The van der Waals surface area contributed by atoms with Crippen LogP contribution in [-0.4, -0.2) is 77.2 Å². The molecule has 0 spiro atoms. The fraction of sp³-hybridized carbons (Fsp3) is 0.861. The third-order valence-corrected chi connectivity index (χ3v) is 16.0. The minimum absolute atomic E-state index is 0.0468. The molecule has 2 heterocycles. The molecule has 3 aliphatic rings. The zero-order valence-corrected chi connectivity index (χ0v) is 35.6. The molecule has 1 saturated heterocycles. The van der Waals surface area contributed by atoms with Crippen LogP contribution in [0.25, 0.3) is 0 Å². The van der Waals surface area contributed by atoms with Crippen LogP contribution < -0.4 is 21.7 Å². The van der Waals surface area contributed by atoms with Gasteiger partial charge in [-0.15, -0.1) is 5.11 Å². The van der Waals surface area contributed by atoms with Crippen LogP contribution in [0.4, 0.5) is 5.00 Å². The molecule has 2 saturated carbocycles. The molecule has 3 fully saturated rings. The van der Waals surface area contributed by atoms with Gasteiger partial charge in [-0.1, -0.05) is 62.3 Å². The molecule has 54 heavy (non-hydrogen) atoms. The van der Waals surface area contributed by atoms with Gasteiger partial charge in [0, 0.05) is 12.1 Å². The Morgan fingerprint density at radius 2 is 1.26 bits per heavy atom. The van der Waals surface area contributed by atoms with Crippen molar-refractivity contribution in [2.45, 2.75) is 136 Å². The Kier molecular flexibility index (Phi) is 14.5. The predicted molar refractivity (Wildman–Crippen MR) is 209 cm³/mol. The highest BCUT2D eigenvalue weighted by atomic mass is 32.2. The lowest BCUT2D eigenvalue weighted by molar-refractivity contribution is -0.127. The summed E-state index contributed by atoms with van der Waals surface area (Å²) >= 11 is 1.06. The Labute approximate surface area is 326 Å². The first-order chi connectivity index (χ1) is 25.0. The van der Waals surface area contributed by atoms with Gasteiger partial charge in [0.2, 0.25) is 5.91 Å². The van der Waals surface area contributed by atoms with Crippen molar-refractivity contribution >= 4 is 42.7 Å². The summed E-state index contributed by atoms with van der Waals surface area (Å²) in [5, 5.41) is 28.9. The van der Waals surface area contributed by atoms with Crippen molar-refractivity contribution in [1.82, 2.24) is 20.3 Å². The summed E-state index contributed by atoms with van der Waals surface area (Å²) in [6.45, 7) is 19.9. The highest BCUT2D eigenvalue weighted by Gasteiger charge is 2.52. The van der Waals surface area contributed by atoms with Crippen LogP contribution in [-0.2, 0) is 25.0 Å². The number of piperidine rings is 1. The number of nitrogens with two attached hydrogens (primary N) is 1. The quantitative estimate of drug-likeness (QED) is 0.115. The highest BCUT2D eigenvalue weighted by molar-refractivity contribution is 7.86. The van der Waals surface area contributed by atoms with Crippen molar-refractivity contribution in [3.63, 3.8) is 0 Å². The molecule has 1 aliphatic heterocycles. The fourth-order valence-corrected chi connectivity index (χ4v) is 12.1. The molecule has 9 atom stereocenters. The van der Waals surface area contributed by atoms with Crippen molar-refractivity contribution in [3.8, 4) is 6.07 Å². The lowest BCUT2D eigenvalue weighted by atomic mass is 9.67. The Bertz CT molecular complexity index is 1720. The van der Waals surface area contributed by atoms with Crippen LogP contribution in [0.5, 0.6) is 0 Å². The van der Waals surface area contributed by atoms with Crippen LogP contribution in [0.2, 0.25) is 0 Å². The molecular weight excluding hydrogens is 753 g/mol. The second-order valence-corrected chi connectivity index (χ2v) is 21.6. The number of hydrogen-bond donors (Lipinski definition) is 6. The maximum Gasteiger partial charge on any atom is 0.267 e. The van der Waals surface area contributed by atoms with E-state index in [1.54, 1.807) is 6.92 Å². The van der Waals surface area contributed by atoms with Gasteiger partial charge in [-0.3, -0.25) is 29.9 Å². The van der Waals surface area contributed by atoms with Crippen molar-refractivity contribution < 1.29 is 30.7 Å². The first-order valence-corrected chi connectivity index (χ1v) is 23.0. The SMILES string of the molecule is Cc1nsc(N=NC2C(NC3C(C(C)C)CC(S(=O)(=O)O)CC3C(C)C)NC(NC3C(C(C)C)CC(S(=O)(=O)O)CC3C(C)C)C(C(N)=O)C2C)c1C#N. The van der Waals surface area contributed by atoms with Gasteiger partial charge in [-0.2, -0.15) is 31.6 Å². The molecule has 15 nitrogen and oxygen atoms in total. The van der Waals surface area contributed by atoms with Gasteiger partial charge in [-0.25, -0.2) is 0 Å². The maximum atomic E-state index is 13.5. The predicted octanol–water partition coefficient (Wildman–Crippen LogP) is 4.87. The van der Waals surface area contributed by atoms with E-state index in [-0.39, 0.29) is 85.1 Å². The van der Waals surface area contributed by atoms with E-state index in [0.29, 0.717) is 16.3 Å². The molecule has 1 aromatic rings. The topological polar surface area (TPSA) is 249 Å². The highest BCUT2D eigenvalue weighted by Crippen LogP contribution is 2.43. The standard InChI is InChI=1S/C36H62N8O7S3/c1-16(2)24-11-22(53(46,47)48)12-25(17(3)4)31(24)39-34-29(33(38)45)20(9)30(42-43-36-28(15-37)21(10)44-52-36)35(41-34)40-32-26(18(5)6)13-23(54(49,50)51)14-27(32)19(7)8/h16-20,22-27,29-32,34-35,39-41H,11-14H2,1-10H3,(H2,38,45)(H,46,47,48)(H,49,50,51). The lowest BCUT2D eigenvalue weighted by Gasteiger charge is -2.52. The normalized spacial score (nSPS) is 35.6. The van der Waals surface area contributed by atoms with Crippen molar-refractivity contribution in [3.05, 3.63) is 11.3 Å². The van der Waals surface area contributed by atoms with Gasteiger partial charge in [0.15, 0.2) is 5.00 Å². The molecule has 4 rings (SSSR count). The second-order valence-electron chi connectivity index (χ2n) is 17.4. The van der Waals surface area contributed by atoms with Crippen LogP contribution in [0, 0.1) is 77.4 Å². The van der Waals surface area contributed by atoms with Crippen molar-refractivity contribution in [1.29, 1.82) is 5.26 Å². The van der Waals surface area contributed by atoms with E-state index >= 15 is 0 Å². The number of amides is 1. The average Bonchev–Trinajstić information content (AvgIpc) is 3.41. The minimum atomic E-state index is -4.28. The summed E-state index contributed by atoms with van der Waals surface area (Å²) in [4.78, 5) is 13.5. The van der Waals surface area contributed by atoms with E-state index in [1.807, 2.05) is 62.3 Å². The largest absolute Gasteiger partial charge is 0.369 e. The molecule has 18 heteroatoms. The fourth-order valence-electron chi connectivity index (χ4n) is 9.55. The Balaban J connectivity index is 1.82. The van der Waals surface area contributed by atoms with Gasteiger partial charge in [0.25, 0.3) is 20.2 Å². The van der Waals surface area contributed by atoms with Gasteiger partial charge < -0.3 is 5.73 Å². The van der Waals surface area contributed by atoms with Gasteiger partial charge in [0.1, 0.15) is 17.7 Å². The van der Waals surface area contributed by atoms with E-state index in [9.17, 15) is 36.0 Å². The monoisotopic (exact) mass is 814 g/mol. The maximum absolute atomic E-state index is 13.5. The van der Waals surface area contributed by atoms with Crippen LogP contribution in [0.15, 0.2) is 10.2 Å². The molecule has 1 aromatic heterocycles. The first-order valence-electron chi connectivity index (χ1n) is 19.2. The molecule has 1 amide bonds. The smallest absolute Gasteiger partial charge is 0.267 e. The Hall–Kier alpha value is -2.11. The van der Waals surface area contributed by atoms with Crippen LogP contribution in [0.3, 0.4) is 0 Å². The number of nitrogens with zero attached hydrogens (tertiary/aromatic N) is 4. The number of primary amides is 1. The molecule has 7 N–H and O–H groups in total. The molecule has 2 aliphatic carbocycles. The van der Waals surface area contributed by atoms with E-state index in [4.69, 9.17) is 10.8 Å². The van der Waals surface area contributed by atoms with E-state index < -0.39 is 66.9 Å². The number of aromatic nitrogens is 1. The minimum Gasteiger partial charge on any atom is -0.369 e. The number of carbonyl (C=O) groups is 1. The lowest BCUT2D eigenvalue weighted by Crippen LogP contribution is -2.73. The molecule has 306 valence electrons. The number of aryl methyl sites for hydroxylation is 1. The van der Waals surface area contributed by atoms with E-state index in [1.165, 1.54) is 0 Å². The second kappa shape index (κ2) is 17.6. The van der Waals surface area contributed by atoms with Crippen molar-refractivity contribution in [2.75, 3.05) is 0 Å². The van der Waals surface area contributed by atoms with E-state index in [2.05, 4.69) is 31.5 Å². The Morgan fingerprint density at radius 3 is 1.61 bits per heavy atom. The number of carbonyl (C=O) groups excluding carboxylic acids is 1. The number of nitriles is 1. The zero-order chi connectivity index (χ0) is 40.6. The third-order valence-electron chi connectivity index (χ3n) is 12.7. The summed E-state index contributed by atoms with van der Waals surface area (Å²) in [5.74, 6) is -2.24. The average molecular weight is 815 g/mol. The third kappa shape index (κ3) is 9.88. The summed E-state index contributed by atoms with van der Waals surface area (Å²) in [6, 6.07) is 1.03. The molecule has 0 bridgehead atoms. The molecule has 0 radical (unpaired) electrons. The van der Waals surface area contributed by atoms with Gasteiger partial charge in [-0.05, 0) is 97.4 Å². The zero-order valence-electron chi connectivity index (χ0n) is 33.2.